The Labute approximate surface area is 225 Å². The molecule has 0 spiro atoms. The molecule has 0 heterocycles. The maximum absolute atomic E-state index is 14.0. The zero-order chi connectivity index (χ0) is 27.7. The van der Waals surface area contributed by atoms with E-state index in [1.807, 2.05) is 68.4 Å². The van der Waals surface area contributed by atoms with Gasteiger partial charge in [-0.05, 0) is 37.1 Å². The number of rotatable bonds is 12. The molecule has 0 aliphatic carbocycles. The molecule has 38 heavy (non-hydrogen) atoms. The van der Waals surface area contributed by atoms with Gasteiger partial charge in [0, 0.05) is 25.6 Å². The number of hydrogen-bond acceptors (Lipinski definition) is 5. The normalized spacial score (nSPS) is 11.9. The van der Waals surface area contributed by atoms with Gasteiger partial charge in [0.25, 0.3) is 0 Å². The second-order valence-corrected chi connectivity index (χ2v) is 11.0. The minimum Gasteiger partial charge on any atom is -0.497 e. The summed E-state index contributed by atoms with van der Waals surface area (Å²) in [7, 11) is -2.35. The highest BCUT2D eigenvalue weighted by molar-refractivity contribution is 7.92. The molecule has 1 N–H and O–H groups in total. The predicted molar refractivity (Wildman–Crippen MR) is 150 cm³/mol. The van der Waals surface area contributed by atoms with Crippen LogP contribution in [0.1, 0.15) is 23.6 Å². The number of ether oxygens (including phenoxy) is 1. The molecule has 0 fully saturated rings. The molecule has 3 aromatic rings. The molecule has 0 aliphatic heterocycles. The first-order chi connectivity index (χ1) is 18.1. The Kier molecular flexibility index (Phi) is 9.90. The van der Waals surface area contributed by atoms with Crippen molar-refractivity contribution in [2.24, 2.45) is 0 Å². The maximum Gasteiger partial charge on any atom is 0.244 e. The monoisotopic (exact) mass is 537 g/mol. The van der Waals surface area contributed by atoms with Gasteiger partial charge in [-0.25, -0.2) is 8.42 Å². The van der Waals surface area contributed by atoms with Gasteiger partial charge in [0.05, 0.1) is 19.1 Å². The number of carbonyl (C=O) groups excluding carboxylic acids is 2. The molecule has 9 heteroatoms. The van der Waals surface area contributed by atoms with Gasteiger partial charge >= 0.3 is 0 Å². The van der Waals surface area contributed by atoms with Gasteiger partial charge in [-0.3, -0.25) is 13.9 Å². The molecular weight excluding hydrogens is 502 g/mol. The number of anilines is 1. The number of methoxy groups -OCH3 is 1. The summed E-state index contributed by atoms with van der Waals surface area (Å²) >= 11 is 0. The fourth-order valence-corrected chi connectivity index (χ4v) is 5.07. The number of aryl methyl sites for hydroxylation is 1. The van der Waals surface area contributed by atoms with E-state index in [0.29, 0.717) is 18.0 Å². The Hall–Kier alpha value is -3.85. The van der Waals surface area contributed by atoms with Gasteiger partial charge in [0.1, 0.15) is 18.3 Å². The van der Waals surface area contributed by atoms with Gasteiger partial charge in [0.2, 0.25) is 21.8 Å². The summed E-state index contributed by atoms with van der Waals surface area (Å²) in [6.07, 6.45) is 1.33. The molecule has 8 nitrogen and oxygen atoms in total. The Balaban J connectivity index is 2.04. The molecule has 2 amide bonds. The largest absolute Gasteiger partial charge is 0.497 e. The summed E-state index contributed by atoms with van der Waals surface area (Å²) < 4.78 is 31.9. The number of carbonyl (C=O) groups is 2. The number of nitrogens with zero attached hydrogens (tertiary/aromatic N) is 2. The smallest absolute Gasteiger partial charge is 0.244 e. The van der Waals surface area contributed by atoms with Gasteiger partial charge < -0.3 is 15.0 Å². The molecule has 0 aromatic heterocycles. The van der Waals surface area contributed by atoms with Gasteiger partial charge in [-0.15, -0.1) is 0 Å². The Morgan fingerprint density at radius 1 is 0.947 bits per heavy atom. The zero-order valence-electron chi connectivity index (χ0n) is 22.3. The van der Waals surface area contributed by atoms with E-state index in [4.69, 9.17) is 4.74 Å². The number of sulfonamides is 1. The summed E-state index contributed by atoms with van der Waals surface area (Å²) in [5.74, 6) is -0.332. The molecule has 0 unspecified atom stereocenters. The third-order valence-electron chi connectivity index (χ3n) is 6.08. The third-order valence-corrected chi connectivity index (χ3v) is 7.22. The van der Waals surface area contributed by atoms with Crippen molar-refractivity contribution in [1.82, 2.24) is 10.2 Å². The summed E-state index contributed by atoms with van der Waals surface area (Å²) in [4.78, 5) is 28.8. The van der Waals surface area contributed by atoms with Crippen LogP contribution in [0.15, 0.2) is 78.9 Å². The number of nitrogens with one attached hydrogen (secondary N) is 1. The summed E-state index contributed by atoms with van der Waals surface area (Å²) in [6, 6.07) is 22.8. The van der Waals surface area contributed by atoms with E-state index in [2.05, 4.69) is 5.32 Å². The third kappa shape index (κ3) is 7.82. The molecular formula is C29H35N3O5S. The SMILES string of the molecule is CCNC(=O)[C@@H](Cc1ccccc1)N(Cc1cccc(C)c1)C(=O)CN(c1cccc(OC)c1)S(C)(=O)=O. The number of hydrogen-bond donors (Lipinski definition) is 1. The van der Waals surface area contributed by atoms with Crippen molar-refractivity contribution in [3.05, 3.63) is 95.6 Å². The number of amides is 2. The van der Waals surface area contributed by atoms with Crippen molar-refractivity contribution in [2.75, 3.05) is 30.8 Å². The molecule has 0 saturated carbocycles. The Morgan fingerprint density at radius 3 is 2.26 bits per heavy atom. The van der Waals surface area contributed by atoms with E-state index >= 15 is 0 Å². The molecule has 1 atom stereocenters. The van der Waals surface area contributed by atoms with Crippen LogP contribution in [0.3, 0.4) is 0 Å². The molecule has 0 bridgehead atoms. The van der Waals surface area contributed by atoms with Crippen LogP contribution in [0.25, 0.3) is 0 Å². The van der Waals surface area contributed by atoms with Crippen molar-refractivity contribution < 1.29 is 22.7 Å². The van der Waals surface area contributed by atoms with Crippen LogP contribution < -0.4 is 14.4 Å². The lowest BCUT2D eigenvalue weighted by atomic mass is 10.0. The van der Waals surface area contributed by atoms with Crippen LogP contribution in [-0.2, 0) is 32.6 Å². The molecule has 3 rings (SSSR count). The highest BCUT2D eigenvalue weighted by atomic mass is 32.2. The van der Waals surface area contributed by atoms with Gasteiger partial charge in [-0.2, -0.15) is 0 Å². The molecule has 0 saturated heterocycles. The summed E-state index contributed by atoms with van der Waals surface area (Å²) in [6.45, 7) is 3.84. The minimum absolute atomic E-state index is 0.144. The Bertz CT molecular complexity index is 1350. The van der Waals surface area contributed by atoms with Crippen molar-refractivity contribution in [3.63, 3.8) is 0 Å². The average Bonchev–Trinajstić information content (AvgIpc) is 2.89. The topological polar surface area (TPSA) is 96.0 Å². The average molecular weight is 538 g/mol. The Morgan fingerprint density at radius 2 is 1.63 bits per heavy atom. The van der Waals surface area contributed by atoms with Crippen LogP contribution >= 0.6 is 0 Å². The summed E-state index contributed by atoms with van der Waals surface area (Å²) in [5.41, 5.74) is 3.04. The van der Waals surface area contributed by atoms with Crippen LogP contribution in [0.4, 0.5) is 5.69 Å². The fourth-order valence-electron chi connectivity index (χ4n) is 4.23. The fraction of sp³-hybridized carbons (Fsp3) is 0.310. The highest BCUT2D eigenvalue weighted by Crippen LogP contribution is 2.24. The molecule has 202 valence electrons. The van der Waals surface area contributed by atoms with Crippen molar-refractivity contribution in [3.8, 4) is 5.75 Å². The highest BCUT2D eigenvalue weighted by Gasteiger charge is 2.33. The number of benzene rings is 3. The zero-order valence-corrected chi connectivity index (χ0v) is 23.1. The summed E-state index contributed by atoms with van der Waals surface area (Å²) in [5, 5.41) is 2.85. The van der Waals surface area contributed by atoms with E-state index in [1.165, 1.54) is 12.0 Å². The minimum atomic E-state index is -3.84. The molecule has 0 radical (unpaired) electrons. The van der Waals surface area contributed by atoms with Gasteiger partial charge in [0.15, 0.2) is 0 Å². The lowest BCUT2D eigenvalue weighted by Crippen LogP contribution is -2.53. The first-order valence-electron chi connectivity index (χ1n) is 12.4. The van der Waals surface area contributed by atoms with Crippen molar-refractivity contribution >= 4 is 27.5 Å². The van der Waals surface area contributed by atoms with E-state index in [-0.39, 0.29) is 18.9 Å². The molecule has 3 aromatic carbocycles. The van der Waals surface area contributed by atoms with Crippen LogP contribution in [-0.4, -0.2) is 57.6 Å². The first-order valence-corrected chi connectivity index (χ1v) is 14.3. The number of likely N-dealkylation sites (N-methyl/N-ethyl adjacent to an activating group) is 1. The van der Waals surface area contributed by atoms with E-state index in [9.17, 15) is 18.0 Å². The quantitative estimate of drug-likeness (QED) is 0.381. The van der Waals surface area contributed by atoms with Crippen molar-refractivity contribution in [2.45, 2.75) is 32.9 Å². The molecule has 0 aliphatic rings. The lowest BCUT2D eigenvalue weighted by molar-refractivity contribution is -0.140. The van der Waals surface area contributed by atoms with Gasteiger partial charge in [-0.1, -0.05) is 66.2 Å². The second-order valence-electron chi connectivity index (χ2n) is 9.08. The predicted octanol–water partition coefficient (Wildman–Crippen LogP) is 3.55. The van der Waals surface area contributed by atoms with E-state index in [0.717, 1.165) is 27.3 Å². The lowest BCUT2D eigenvalue weighted by Gasteiger charge is -2.33. The van der Waals surface area contributed by atoms with E-state index < -0.39 is 28.5 Å². The van der Waals surface area contributed by atoms with Crippen LogP contribution in [0.2, 0.25) is 0 Å². The van der Waals surface area contributed by atoms with Crippen LogP contribution in [0.5, 0.6) is 5.75 Å². The van der Waals surface area contributed by atoms with E-state index in [1.54, 1.807) is 24.3 Å². The standard InChI is InChI=1S/C29H35N3O5S/c1-5-30-29(34)27(18-23-12-7-6-8-13-23)31(20-24-14-9-11-22(2)17-24)28(33)21-32(38(4,35)36)25-15-10-16-26(19-25)37-3/h6-17,19,27H,5,18,20-21H2,1-4H3,(H,30,34)/t27-/m1/s1. The van der Waals surface area contributed by atoms with Crippen LogP contribution in [0, 0.1) is 6.92 Å². The maximum atomic E-state index is 14.0. The van der Waals surface area contributed by atoms with Crippen molar-refractivity contribution in [1.29, 1.82) is 0 Å². The first kappa shape index (κ1) is 28.7. The second kappa shape index (κ2) is 13.1.